The molecular weight excluding hydrogens is 215 g/mol. The molecule has 0 saturated carbocycles. The molecule has 4 heteroatoms. The summed E-state index contributed by atoms with van der Waals surface area (Å²) in [7, 11) is 1.38. The summed E-state index contributed by atoms with van der Waals surface area (Å²) in [6, 6.07) is 0. The van der Waals surface area contributed by atoms with Gasteiger partial charge in [0.15, 0.2) is 0 Å². The van der Waals surface area contributed by atoms with Crippen LogP contribution in [0.15, 0.2) is 0 Å². The van der Waals surface area contributed by atoms with E-state index in [9.17, 15) is 0 Å². The molecule has 0 heterocycles. The molecule has 0 atom stereocenters. The largest absolute Gasteiger partial charge is 0.00382 e. The van der Waals surface area contributed by atoms with Gasteiger partial charge in [-0.3, -0.25) is 0 Å². The summed E-state index contributed by atoms with van der Waals surface area (Å²) in [4.78, 5) is 0. The van der Waals surface area contributed by atoms with Crippen molar-refractivity contribution in [3.05, 3.63) is 0 Å². The van der Waals surface area contributed by atoms with Gasteiger partial charge in [0.05, 0.1) is 0 Å². The van der Waals surface area contributed by atoms with Crippen molar-refractivity contribution in [2.45, 2.75) is 0 Å². The van der Waals surface area contributed by atoms with Crippen molar-refractivity contribution in [2.75, 3.05) is 0 Å². The third-order valence-electron chi connectivity index (χ3n) is 0. The molecule has 0 rings (SSSR count). The minimum atomic E-state index is 0. The molecule has 0 nitrogen and oxygen atoms in total. The quantitative estimate of drug-likeness (QED) is 0.556. The van der Waals surface area contributed by atoms with Gasteiger partial charge in [-0.2, -0.15) is 0 Å². The Kier molecular flexibility index (Phi) is 21.6. The van der Waals surface area contributed by atoms with Crippen LogP contribution in [0.1, 0.15) is 0 Å². The maximum atomic E-state index is 2.98. The number of hydrogen-bond acceptors (Lipinski definition) is 1. The van der Waals surface area contributed by atoms with Crippen LogP contribution < -0.4 is 0 Å². The van der Waals surface area contributed by atoms with Crippen LogP contribution in [-0.4, -0.2) is 29.6 Å². The maximum absolute atomic E-state index is 2.98. The Hall–Kier alpha value is 2.31. The molecule has 1 radical (unpaired) electrons. The van der Waals surface area contributed by atoms with Crippen molar-refractivity contribution in [1.29, 1.82) is 0 Å². The van der Waals surface area contributed by atoms with E-state index in [0.29, 0.717) is 0 Å². The van der Waals surface area contributed by atoms with E-state index in [1.165, 1.54) is 8.63 Å². The molecule has 0 aliphatic carbocycles. The van der Waals surface area contributed by atoms with Gasteiger partial charge in [-0.25, -0.2) is 0 Å². The topological polar surface area (TPSA) is 0 Å². The van der Waals surface area contributed by atoms with E-state index in [0.717, 1.165) is 0 Å². The normalized spacial score (nSPS) is 4.50. The van der Waals surface area contributed by atoms with Gasteiger partial charge in [-0.1, -0.05) is 0 Å². The Morgan fingerprint density at radius 1 is 1.25 bits per heavy atom. The van der Waals surface area contributed by atoms with Gasteiger partial charge in [0.25, 0.3) is 0 Å². The van der Waals surface area contributed by atoms with Crippen molar-refractivity contribution in [1.82, 2.24) is 0 Å². The van der Waals surface area contributed by atoms with Crippen LogP contribution in [0.5, 0.6) is 0 Å². The molecule has 0 bridgehead atoms. The van der Waals surface area contributed by atoms with Gasteiger partial charge in [-0.05, 0) is 8.63 Å². The van der Waals surface area contributed by atoms with E-state index in [-0.39, 0.29) is 29.6 Å². The number of halogens is 2. The molecule has 0 N–H and O–H groups in total. The number of rotatable bonds is 0. The Balaban J connectivity index is 0. The van der Waals surface area contributed by atoms with Crippen LogP contribution in [-0.2, 0) is 0 Å². The third kappa shape index (κ3) is 8.85. The molecule has 0 saturated heterocycles. The van der Waals surface area contributed by atoms with Crippen molar-refractivity contribution in [3.63, 3.8) is 0 Å². The fraction of sp³-hybridized carbons (Fsp3) is 0. The second-order valence-electron chi connectivity index (χ2n) is 0.0583. The van der Waals surface area contributed by atoms with Crippen molar-refractivity contribution in [3.8, 4) is 0 Å². The molecule has 0 aliphatic heterocycles. The molecule has 0 unspecified atom stereocenters. The summed E-state index contributed by atoms with van der Waals surface area (Å²) < 4.78 is 0. The van der Waals surface area contributed by atoms with E-state index >= 15 is 0 Å². The van der Waals surface area contributed by atoms with E-state index in [2.05, 4.69) is 29.6 Å². The van der Waals surface area contributed by atoms with Gasteiger partial charge >= 0.3 is 0 Å². The molecular formula is Br2NaS. The van der Waals surface area contributed by atoms with Gasteiger partial charge in [0.2, 0.25) is 0 Å². The summed E-state index contributed by atoms with van der Waals surface area (Å²) in [5.74, 6) is 0. The predicted molar refractivity (Wildman–Crippen MR) is 31.2 cm³/mol. The fourth-order valence-corrected chi connectivity index (χ4v) is 0. The SMILES string of the molecule is BrSBr.[Na]. The Bertz CT molecular complexity index is 6.00. The molecule has 0 aromatic heterocycles. The summed E-state index contributed by atoms with van der Waals surface area (Å²) in [5.41, 5.74) is 0. The first-order chi connectivity index (χ1) is 1.41. The van der Waals surface area contributed by atoms with Crippen LogP contribution in [0.4, 0.5) is 0 Å². The van der Waals surface area contributed by atoms with E-state index in [1.54, 1.807) is 0 Å². The zero-order valence-electron chi connectivity index (χ0n) is 2.16. The van der Waals surface area contributed by atoms with Gasteiger partial charge in [0.1, 0.15) is 0 Å². The standard InChI is InChI=1S/Br2S.Na/c1-3-2;. The van der Waals surface area contributed by atoms with Gasteiger partial charge in [-0.15, -0.1) is 0 Å². The Morgan fingerprint density at radius 3 is 1.25 bits per heavy atom. The van der Waals surface area contributed by atoms with E-state index in [1.807, 2.05) is 0 Å². The average Bonchev–Trinajstić information content (AvgIpc) is 0.918. The molecule has 0 amide bonds. The van der Waals surface area contributed by atoms with Crippen LogP contribution >= 0.6 is 38.3 Å². The van der Waals surface area contributed by atoms with Crippen molar-refractivity contribution in [2.24, 2.45) is 0 Å². The zero-order chi connectivity index (χ0) is 2.71. The second-order valence-corrected chi connectivity index (χ2v) is 4.72. The first-order valence-corrected chi connectivity index (χ1v) is 4.81. The second kappa shape index (κ2) is 9.00. The summed E-state index contributed by atoms with van der Waals surface area (Å²) in [6.45, 7) is 0. The molecule has 21 valence electrons. The molecule has 0 aromatic rings. The summed E-state index contributed by atoms with van der Waals surface area (Å²) >= 11 is 5.96. The zero-order valence-corrected chi connectivity index (χ0v) is 8.15. The minimum Gasteiger partial charge on any atom is -0.00382 e. The fourth-order valence-electron chi connectivity index (χ4n) is 0. The average molecular weight is 215 g/mol. The molecule has 4 heavy (non-hydrogen) atoms. The number of hydrogen-bond donors (Lipinski definition) is 0. The minimum absolute atomic E-state index is 0. The summed E-state index contributed by atoms with van der Waals surface area (Å²) in [6.07, 6.45) is 0. The van der Waals surface area contributed by atoms with E-state index < -0.39 is 0 Å². The van der Waals surface area contributed by atoms with Crippen LogP contribution in [0.3, 0.4) is 0 Å². The first kappa shape index (κ1) is 9.58. The molecule has 0 aromatic carbocycles. The maximum Gasteiger partial charge on any atom is 0.00191 e. The predicted octanol–water partition coefficient (Wildman–Crippen LogP) is 1.96. The van der Waals surface area contributed by atoms with E-state index in [4.69, 9.17) is 0 Å². The molecule has 0 fully saturated rings. The first-order valence-electron chi connectivity index (χ1n) is 0.309. The Morgan fingerprint density at radius 2 is 1.25 bits per heavy atom. The third-order valence-corrected chi connectivity index (χ3v) is 0. The van der Waals surface area contributed by atoms with Gasteiger partial charge < -0.3 is 0 Å². The van der Waals surface area contributed by atoms with Crippen LogP contribution in [0.2, 0.25) is 0 Å². The smallest absolute Gasteiger partial charge is 0.00191 e. The summed E-state index contributed by atoms with van der Waals surface area (Å²) in [5, 5.41) is 0. The van der Waals surface area contributed by atoms with Crippen LogP contribution in [0.25, 0.3) is 0 Å². The van der Waals surface area contributed by atoms with Crippen molar-refractivity contribution < 1.29 is 0 Å². The molecule has 0 aliphatic rings. The monoisotopic (exact) mass is 213 g/mol. The molecule has 0 spiro atoms. The van der Waals surface area contributed by atoms with Crippen molar-refractivity contribution >= 4 is 67.8 Å². The Labute approximate surface area is 66.8 Å². The van der Waals surface area contributed by atoms with Gasteiger partial charge in [0, 0.05) is 59.2 Å². The van der Waals surface area contributed by atoms with Crippen LogP contribution in [0, 0.1) is 0 Å².